The summed E-state index contributed by atoms with van der Waals surface area (Å²) in [6, 6.07) is 12.1. The Morgan fingerprint density at radius 3 is 2.92 bits per heavy atom. The van der Waals surface area contributed by atoms with Crippen LogP contribution >= 0.6 is 11.3 Å². The van der Waals surface area contributed by atoms with Crippen molar-refractivity contribution < 1.29 is 9.84 Å². The zero-order valence-corrected chi connectivity index (χ0v) is 14.3. The second-order valence-corrected chi connectivity index (χ2v) is 7.13. The molecule has 0 bridgehead atoms. The quantitative estimate of drug-likeness (QED) is 0.840. The fourth-order valence-electron chi connectivity index (χ4n) is 2.99. The van der Waals surface area contributed by atoms with Gasteiger partial charge in [-0.25, -0.2) is 0 Å². The Labute approximate surface area is 145 Å². The zero-order valence-electron chi connectivity index (χ0n) is 13.4. The highest BCUT2D eigenvalue weighted by molar-refractivity contribution is 7.16. The fourth-order valence-corrected chi connectivity index (χ4v) is 4.10. The topological polar surface area (TPSA) is 82.5 Å². The number of nitrogen functional groups attached to an aromatic ring is 1. The van der Waals surface area contributed by atoms with Crippen LogP contribution in [-0.2, 0) is 24.3 Å². The van der Waals surface area contributed by atoms with Crippen LogP contribution in [0.1, 0.15) is 21.6 Å². The summed E-state index contributed by atoms with van der Waals surface area (Å²) in [5.74, 6) is 0. The summed E-state index contributed by atoms with van der Waals surface area (Å²) in [6.45, 7) is 2.95. The molecule has 0 saturated heterocycles. The van der Waals surface area contributed by atoms with Crippen LogP contribution in [0, 0.1) is 11.3 Å². The van der Waals surface area contributed by atoms with Gasteiger partial charge in [0.1, 0.15) is 11.1 Å². The second-order valence-electron chi connectivity index (χ2n) is 5.99. The summed E-state index contributed by atoms with van der Waals surface area (Å²) in [5.41, 5.74) is 8.74. The van der Waals surface area contributed by atoms with Crippen LogP contribution in [0.15, 0.2) is 30.3 Å². The number of hydrogen-bond donors (Lipinski definition) is 2. The van der Waals surface area contributed by atoms with E-state index in [4.69, 9.17) is 10.5 Å². The standard InChI is InChI=1S/C18H21N3O2S/c19-8-16-15-6-7-21(10-17(15)24-18(16)20)9-14(22)12-23-11-13-4-2-1-3-5-13/h1-5,14,22H,6-7,9-12,20H2. The maximum Gasteiger partial charge on any atom is 0.104 e. The van der Waals surface area contributed by atoms with E-state index >= 15 is 0 Å². The minimum absolute atomic E-state index is 0.314. The first-order valence-electron chi connectivity index (χ1n) is 7.99. The molecule has 1 aromatic carbocycles. The summed E-state index contributed by atoms with van der Waals surface area (Å²) in [4.78, 5) is 3.34. The molecule has 126 valence electrons. The predicted molar refractivity (Wildman–Crippen MR) is 94.5 cm³/mol. The highest BCUT2D eigenvalue weighted by atomic mass is 32.1. The lowest BCUT2D eigenvalue weighted by Crippen LogP contribution is -2.38. The Kier molecular flexibility index (Phi) is 5.48. The summed E-state index contributed by atoms with van der Waals surface area (Å²) in [5, 5.41) is 20.0. The van der Waals surface area contributed by atoms with E-state index in [-0.39, 0.29) is 0 Å². The Bertz CT molecular complexity index is 724. The van der Waals surface area contributed by atoms with Gasteiger partial charge in [-0.05, 0) is 17.5 Å². The molecule has 0 amide bonds. The van der Waals surface area contributed by atoms with Crippen LogP contribution in [0.4, 0.5) is 5.00 Å². The SMILES string of the molecule is N#Cc1c(N)sc2c1CCN(CC(O)COCc1ccccc1)C2. The van der Waals surface area contributed by atoms with Gasteiger partial charge in [-0.3, -0.25) is 4.90 Å². The number of β-amino-alcohol motifs (C(OH)–C–C–N with tert-alkyl or cyclic N) is 1. The number of anilines is 1. The Balaban J connectivity index is 1.47. The predicted octanol–water partition coefficient (Wildman–Crippen LogP) is 2.14. The van der Waals surface area contributed by atoms with E-state index in [0.29, 0.717) is 30.3 Å². The van der Waals surface area contributed by atoms with E-state index in [9.17, 15) is 10.4 Å². The van der Waals surface area contributed by atoms with E-state index in [1.165, 1.54) is 11.3 Å². The first-order chi connectivity index (χ1) is 11.7. The number of aliphatic hydroxyl groups excluding tert-OH is 1. The summed E-state index contributed by atoms with van der Waals surface area (Å²) in [6.07, 6.45) is 0.284. The molecule has 24 heavy (non-hydrogen) atoms. The number of hydrogen-bond acceptors (Lipinski definition) is 6. The van der Waals surface area contributed by atoms with Gasteiger partial charge in [-0.1, -0.05) is 30.3 Å². The molecule has 1 aliphatic heterocycles. The Morgan fingerprint density at radius 1 is 1.38 bits per heavy atom. The molecular formula is C18H21N3O2S. The third-order valence-electron chi connectivity index (χ3n) is 4.17. The third kappa shape index (κ3) is 3.94. The number of thiophene rings is 1. The molecular weight excluding hydrogens is 322 g/mol. The molecule has 5 nitrogen and oxygen atoms in total. The number of nitriles is 1. The molecule has 1 aromatic heterocycles. The number of fused-ring (bicyclic) bond motifs is 1. The largest absolute Gasteiger partial charge is 0.389 e. The zero-order chi connectivity index (χ0) is 16.9. The minimum Gasteiger partial charge on any atom is -0.389 e. The van der Waals surface area contributed by atoms with Gasteiger partial charge in [0, 0.05) is 24.5 Å². The molecule has 0 aliphatic carbocycles. The lowest BCUT2D eigenvalue weighted by atomic mass is 10.0. The van der Waals surface area contributed by atoms with Gasteiger partial charge >= 0.3 is 0 Å². The van der Waals surface area contributed by atoms with Crippen molar-refractivity contribution in [3.63, 3.8) is 0 Å². The molecule has 0 fully saturated rings. The van der Waals surface area contributed by atoms with Crippen molar-refractivity contribution in [2.45, 2.75) is 25.7 Å². The van der Waals surface area contributed by atoms with E-state index < -0.39 is 6.10 Å². The molecule has 6 heteroatoms. The van der Waals surface area contributed by atoms with Crippen LogP contribution in [0.2, 0.25) is 0 Å². The maximum atomic E-state index is 10.2. The van der Waals surface area contributed by atoms with Crippen molar-refractivity contribution in [3.8, 4) is 6.07 Å². The molecule has 2 heterocycles. The average Bonchev–Trinajstić information content (AvgIpc) is 2.90. The lowest BCUT2D eigenvalue weighted by Gasteiger charge is -2.28. The lowest BCUT2D eigenvalue weighted by molar-refractivity contribution is 0.00795. The number of benzene rings is 1. The van der Waals surface area contributed by atoms with Crippen molar-refractivity contribution in [2.24, 2.45) is 0 Å². The number of ether oxygens (including phenoxy) is 1. The van der Waals surface area contributed by atoms with Crippen molar-refractivity contribution in [1.29, 1.82) is 5.26 Å². The van der Waals surface area contributed by atoms with Gasteiger partial charge in [-0.2, -0.15) is 5.26 Å². The number of nitrogens with two attached hydrogens (primary N) is 1. The molecule has 1 atom stereocenters. The molecule has 2 aromatic rings. The van der Waals surface area contributed by atoms with Gasteiger partial charge in [0.05, 0.1) is 24.9 Å². The Hall–Kier alpha value is -1.91. The molecule has 3 rings (SSSR count). The fraction of sp³-hybridized carbons (Fsp3) is 0.389. The van der Waals surface area contributed by atoms with Crippen LogP contribution in [0.25, 0.3) is 0 Å². The molecule has 0 saturated carbocycles. The van der Waals surface area contributed by atoms with Crippen molar-refractivity contribution in [3.05, 3.63) is 51.9 Å². The highest BCUT2D eigenvalue weighted by Crippen LogP contribution is 2.34. The highest BCUT2D eigenvalue weighted by Gasteiger charge is 2.24. The minimum atomic E-state index is -0.525. The van der Waals surface area contributed by atoms with Gasteiger partial charge in [-0.15, -0.1) is 11.3 Å². The van der Waals surface area contributed by atoms with Gasteiger partial charge in [0.2, 0.25) is 0 Å². The first-order valence-corrected chi connectivity index (χ1v) is 8.81. The van der Waals surface area contributed by atoms with Crippen molar-refractivity contribution in [1.82, 2.24) is 4.90 Å². The number of nitrogens with zero attached hydrogens (tertiary/aromatic N) is 2. The number of rotatable bonds is 6. The number of aliphatic hydroxyl groups is 1. The average molecular weight is 343 g/mol. The first kappa shape index (κ1) is 16.9. The van der Waals surface area contributed by atoms with Gasteiger partial charge < -0.3 is 15.6 Å². The maximum absolute atomic E-state index is 10.2. The molecule has 3 N–H and O–H groups in total. The van der Waals surface area contributed by atoms with Crippen LogP contribution in [-0.4, -0.2) is 35.8 Å². The van der Waals surface area contributed by atoms with Crippen molar-refractivity contribution in [2.75, 3.05) is 25.4 Å². The van der Waals surface area contributed by atoms with Crippen LogP contribution in [0.3, 0.4) is 0 Å². The third-order valence-corrected chi connectivity index (χ3v) is 5.21. The molecule has 0 radical (unpaired) electrons. The van der Waals surface area contributed by atoms with E-state index in [1.54, 1.807) is 0 Å². The van der Waals surface area contributed by atoms with Crippen LogP contribution in [0.5, 0.6) is 0 Å². The second kappa shape index (κ2) is 7.77. The van der Waals surface area contributed by atoms with Crippen LogP contribution < -0.4 is 5.73 Å². The van der Waals surface area contributed by atoms with Crippen molar-refractivity contribution >= 4 is 16.3 Å². The summed E-state index contributed by atoms with van der Waals surface area (Å²) < 4.78 is 5.60. The molecule has 1 unspecified atom stereocenters. The smallest absolute Gasteiger partial charge is 0.104 e. The summed E-state index contributed by atoms with van der Waals surface area (Å²) in [7, 11) is 0. The molecule has 0 spiro atoms. The van der Waals surface area contributed by atoms with Gasteiger partial charge in [0.25, 0.3) is 0 Å². The van der Waals surface area contributed by atoms with E-state index in [1.807, 2.05) is 30.3 Å². The van der Waals surface area contributed by atoms with E-state index in [2.05, 4.69) is 11.0 Å². The van der Waals surface area contributed by atoms with E-state index in [0.717, 1.165) is 35.5 Å². The molecule has 1 aliphatic rings. The normalized spacial score (nSPS) is 15.7. The monoisotopic (exact) mass is 343 g/mol. The Morgan fingerprint density at radius 2 is 2.17 bits per heavy atom. The summed E-state index contributed by atoms with van der Waals surface area (Å²) >= 11 is 1.49. The van der Waals surface area contributed by atoms with Gasteiger partial charge in [0.15, 0.2) is 0 Å².